The molecule has 28 heavy (non-hydrogen) atoms. The first-order chi connectivity index (χ1) is 13.5. The molecule has 2 aromatic rings. The third-order valence-electron chi connectivity index (χ3n) is 4.63. The standard InChI is InChI=1S/C21H24ClN3O3/c1-16(26)28-20-8-5-18(13-21(20)27-2)14-23-25-11-9-24(10-12-25)15-17-3-6-19(22)7-4-17/h3-8,13-14H,9-12,15H2,1-2H3/p+1. The fourth-order valence-electron chi connectivity index (χ4n) is 3.15. The zero-order valence-corrected chi connectivity index (χ0v) is 16.9. The zero-order chi connectivity index (χ0) is 19.9. The highest BCUT2D eigenvalue weighted by Gasteiger charge is 2.18. The lowest BCUT2D eigenvalue weighted by Gasteiger charge is -2.30. The average molecular weight is 403 g/mol. The van der Waals surface area contributed by atoms with Gasteiger partial charge in [-0.2, -0.15) is 5.10 Å². The number of quaternary nitrogens is 1. The second kappa shape index (κ2) is 9.57. The Morgan fingerprint density at radius 2 is 1.89 bits per heavy atom. The van der Waals surface area contributed by atoms with Crippen LogP contribution in [0, 0.1) is 0 Å². The number of hydrogen-bond acceptors (Lipinski definition) is 5. The van der Waals surface area contributed by atoms with E-state index in [4.69, 9.17) is 21.1 Å². The Kier molecular flexibility index (Phi) is 6.90. The highest BCUT2D eigenvalue weighted by Crippen LogP contribution is 2.27. The van der Waals surface area contributed by atoms with Gasteiger partial charge in [-0.05, 0) is 35.9 Å². The Bertz CT molecular complexity index is 831. The van der Waals surface area contributed by atoms with Crippen LogP contribution < -0.4 is 14.4 Å². The molecule has 0 spiro atoms. The molecule has 0 atom stereocenters. The van der Waals surface area contributed by atoms with Crippen LogP contribution in [0.25, 0.3) is 0 Å². The van der Waals surface area contributed by atoms with Gasteiger partial charge in [-0.25, -0.2) is 0 Å². The minimum atomic E-state index is -0.376. The molecule has 0 radical (unpaired) electrons. The average Bonchev–Trinajstić information content (AvgIpc) is 2.69. The van der Waals surface area contributed by atoms with Crippen LogP contribution in [0.4, 0.5) is 0 Å². The van der Waals surface area contributed by atoms with Crippen LogP contribution in [0.1, 0.15) is 18.1 Å². The topological polar surface area (TPSA) is 55.6 Å². The number of carbonyl (C=O) groups is 1. The molecule has 0 unspecified atom stereocenters. The summed E-state index contributed by atoms with van der Waals surface area (Å²) in [5.41, 5.74) is 2.19. The van der Waals surface area contributed by atoms with E-state index in [1.807, 2.05) is 30.5 Å². The molecule has 0 aliphatic carbocycles. The summed E-state index contributed by atoms with van der Waals surface area (Å²) < 4.78 is 10.4. The van der Waals surface area contributed by atoms with Gasteiger partial charge >= 0.3 is 5.97 Å². The van der Waals surface area contributed by atoms with Crippen LogP contribution in [-0.2, 0) is 11.3 Å². The van der Waals surface area contributed by atoms with Crippen molar-refractivity contribution in [1.29, 1.82) is 0 Å². The quantitative estimate of drug-likeness (QED) is 0.456. The van der Waals surface area contributed by atoms with Crippen molar-refractivity contribution in [2.24, 2.45) is 5.10 Å². The lowest BCUT2D eigenvalue weighted by molar-refractivity contribution is -0.918. The van der Waals surface area contributed by atoms with Gasteiger partial charge in [-0.1, -0.05) is 23.7 Å². The lowest BCUT2D eigenvalue weighted by atomic mass is 10.2. The number of rotatable bonds is 6. The summed E-state index contributed by atoms with van der Waals surface area (Å²) in [5.74, 6) is 0.543. The second-order valence-corrected chi connectivity index (χ2v) is 7.19. The van der Waals surface area contributed by atoms with Crippen molar-refractivity contribution in [3.8, 4) is 11.5 Å². The number of nitrogens with zero attached hydrogens (tertiary/aromatic N) is 2. The summed E-state index contributed by atoms with van der Waals surface area (Å²) in [4.78, 5) is 12.7. The van der Waals surface area contributed by atoms with Gasteiger partial charge in [0.15, 0.2) is 11.5 Å². The molecule has 148 valence electrons. The van der Waals surface area contributed by atoms with Crippen molar-refractivity contribution in [1.82, 2.24) is 5.01 Å². The third-order valence-corrected chi connectivity index (χ3v) is 4.88. The molecule has 3 rings (SSSR count). The van der Waals surface area contributed by atoms with Crippen molar-refractivity contribution in [2.45, 2.75) is 13.5 Å². The Hall–Kier alpha value is -2.57. The van der Waals surface area contributed by atoms with Crippen LogP contribution >= 0.6 is 11.6 Å². The fraction of sp³-hybridized carbons (Fsp3) is 0.333. The molecule has 1 fully saturated rings. The number of ether oxygens (including phenoxy) is 2. The minimum Gasteiger partial charge on any atom is -0.493 e. The molecule has 0 aromatic heterocycles. The Morgan fingerprint density at radius 1 is 1.18 bits per heavy atom. The molecule has 1 heterocycles. The number of hydrazone groups is 1. The van der Waals surface area contributed by atoms with Gasteiger partial charge in [0.2, 0.25) is 0 Å². The van der Waals surface area contributed by atoms with E-state index in [1.54, 1.807) is 18.1 Å². The molecule has 0 bridgehead atoms. The smallest absolute Gasteiger partial charge is 0.308 e. The summed E-state index contributed by atoms with van der Waals surface area (Å²) in [6, 6.07) is 13.4. The van der Waals surface area contributed by atoms with E-state index in [9.17, 15) is 4.79 Å². The highest BCUT2D eigenvalue weighted by atomic mass is 35.5. The Morgan fingerprint density at radius 3 is 2.54 bits per heavy atom. The van der Waals surface area contributed by atoms with Gasteiger partial charge in [0.1, 0.15) is 6.54 Å². The number of halogens is 1. The van der Waals surface area contributed by atoms with E-state index in [-0.39, 0.29) is 5.97 Å². The number of carbonyl (C=O) groups excluding carboxylic acids is 1. The minimum absolute atomic E-state index is 0.376. The van der Waals surface area contributed by atoms with E-state index in [2.05, 4.69) is 22.2 Å². The van der Waals surface area contributed by atoms with Gasteiger partial charge < -0.3 is 14.4 Å². The maximum Gasteiger partial charge on any atom is 0.308 e. The second-order valence-electron chi connectivity index (χ2n) is 6.76. The number of piperazine rings is 1. The first-order valence-corrected chi connectivity index (χ1v) is 9.64. The largest absolute Gasteiger partial charge is 0.493 e. The van der Waals surface area contributed by atoms with E-state index in [0.717, 1.165) is 43.3 Å². The SMILES string of the molecule is COc1cc(C=NN2CC[NH+](Cc3ccc(Cl)cc3)CC2)ccc1OC(C)=O. The molecule has 7 heteroatoms. The zero-order valence-electron chi connectivity index (χ0n) is 16.2. The summed E-state index contributed by atoms with van der Waals surface area (Å²) in [6.07, 6.45) is 1.81. The van der Waals surface area contributed by atoms with Crippen molar-refractivity contribution in [2.75, 3.05) is 33.3 Å². The number of methoxy groups -OCH3 is 1. The molecule has 2 aromatic carbocycles. The molecular formula is C21H25ClN3O3+. The van der Waals surface area contributed by atoms with Gasteiger partial charge in [0.25, 0.3) is 0 Å². The molecule has 1 aliphatic heterocycles. The molecule has 1 N–H and O–H groups in total. The predicted octanol–water partition coefficient (Wildman–Crippen LogP) is 2.01. The number of benzene rings is 2. The lowest BCUT2D eigenvalue weighted by Crippen LogP contribution is -3.13. The van der Waals surface area contributed by atoms with Crippen LogP contribution in [-0.4, -0.2) is 50.5 Å². The van der Waals surface area contributed by atoms with Crippen molar-refractivity contribution < 1.29 is 19.2 Å². The fourth-order valence-corrected chi connectivity index (χ4v) is 3.27. The van der Waals surface area contributed by atoms with E-state index >= 15 is 0 Å². The van der Waals surface area contributed by atoms with Gasteiger partial charge in [0, 0.05) is 17.5 Å². The Balaban J connectivity index is 1.53. The van der Waals surface area contributed by atoms with Gasteiger partial charge in [-0.15, -0.1) is 0 Å². The molecular weight excluding hydrogens is 378 g/mol. The summed E-state index contributed by atoms with van der Waals surface area (Å²) >= 11 is 5.95. The molecule has 1 saturated heterocycles. The third kappa shape index (κ3) is 5.71. The molecule has 1 aliphatic rings. The maximum absolute atomic E-state index is 11.1. The van der Waals surface area contributed by atoms with E-state index in [1.165, 1.54) is 12.5 Å². The van der Waals surface area contributed by atoms with Crippen LogP contribution in [0.15, 0.2) is 47.6 Å². The van der Waals surface area contributed by atoms with Crippen molar-refractivity contribution in [3.63, 3.8) is 0 Å². The normalized spacial score (nSPS) is 15.0. The Labute approximate surface area is 170 Å². The van der Waals surface area contributed by atoms with Crippen LogP contribution in [0.2, 0.25) is 5.02 Å². The van der Waals surface area contributed by atoms with Crippen molar-refractivity contribution in [3.05, 3.63) is 58.6 Å². The number of hydrogen-bond donors (Lipinski definition) is 1. The van der Waals surface area contributed by atoms with Gasteiger partial charge in [-0.3, -0.25) is 9.80 Å². The summed E-state index contributed by atoms with van der Waals surface area (Å²) in [6.45, 7) is 6.25. The summed E-state index contributed by atoms with van der Waals surface area (Å²) in [5, 5.41) is 7.44. The molecule has 6 nitrogen and oxygen atoms in total. The predicted molar refractivity (Wildman–Crippen MR) is 109 cm³/mol. The summed E-state index contributed by atoms with van der Waals surface area (Å²) in [7, 11) is 1.55. The van der Waals surface area contributed by atoms with Crippen LogP contribution in [0.5, 0.6) is 11.5 Å². The molecule has 0 amide bonds. The first kappa shape index (κ1) is 20.2. The van der Waals surface area contributed by atoms with Crippen molar-refractivity contribution >= 4 is 23.8 Å². The van der Waals surface area contributed by atoms with Crippen LogP contribution in [0.3, 0.4) is 0 Å². The van der Waals surface area contributed by atoms with E-state index in [0.29, 0.717) is 11.5 Å². The van der Waals surface area contributed by atoms with Gasteiger partial charge in [0.05, 0.1) is 39.5 Å². The maximum atomic E-state index is 11.1. The number of nitrogens with one attached hydrogen (secondary N) is 1. The highest BCUT2D eigenvalue weighted by molar-refractivity contribution is 6.30. The first-order valence-electron chi connectivity index (χ1n) is 9.27. The number of esters is 1. The monoisotopic (exact) mass is 402 g/mol. The van der Waals surface area contributed by atoms with E-state index < -0.39 is 0 Å². The molecule has 0 saturated carbocycles.